The lowest BCUT2D eigenvalue weighted by Gasteiger charge is -2.10. The standard InChI is InChI=1S/C25H18N6OS/c26-15-19(23-27-20-13-7-8-14-21(20)28-23)22(32)16-33-25-30-29-24(17-9-3-1-4-10-17)31(25)18-11-5-2-6-12-18/h1-14,32H,16H2,(H,27,28)/b22-19-. The largest absolute Gasteiger partial charge is 0.510 e. The van der Waals surface area contributed by atoms with Crippen molar-refractivity contribution in [3.8, 4) is 23.1 Å². The molecule has 0 fully saturated rings. The Morgan fingerprint density at radius 1 is 0.939 bits per heavy atom. The van der Waals surface area contributed by atoms with E-state index in [1.165, 1.54) is 11.8 Å². The zero-order valence-corrected chi connectivity index (χ0v) is 18.2. The topological polar surface area (TPSA) is 103 Å². The van der Waals surface area contributed by atoms with E-state index in [-0.39, 0.29) is 17.1 Å². The quantitative estimate of drug-likeness (QED) is 0.204. The SMILES string of the molecule is N#C/C(=C(/O)CSc1nnc(-c2ccccc2)n1-c1ccccc1)c1nc2ccccc2[nH]1. The normalized spacial score (nSPS) is 11.8. The van der Waals surface area contributed by atoms with E-state index in [1.807, 2.05) is 89.5 Å². The predicted molar refractivity (Wildman–Crippen MR) is 129 cm³/mol. The molecule has 0 saturated carbocycles. The number of aliphatic hydroxyl groups is 1. The van der Waals surface area contributed by atoms with Crippen LogP contribution in [0.25, 0.3) is 33.7 Å². The van der Waals surface area contributed by atoms with E-state index in [1.54, 1.807) is 0 Å². The van der Waals surface area contributed by atoms with Crippen LogP contribution in [0, 0.1) is 11.3 Å². The lowest BCUT2D eigenvalue weighted by atomic mass is 10.2. The molecular weight excluding hydrogens is 432 g/mol. The van der Waals surface area contributed by atoms with Gasteiger partial charge >= 0.3 is 0 Å². The van der Waals surface area contributed by atoms with E-state index >= 15 is 0 Å². The number of hydrogen-bond acceptors (Lipinski definition) is 6. The van der Waals surface area contributed by atoms with Gasteiger partial charge in [-0.25, -0.2) is 4.98 Å². The number of imidazole rings is 1. The molecule has 0 aliphatic rings. The van der Waals surface area contributed by atoms with Gasteiger partial charge in [-0.3, -0.25) is 4.57 Å². The van der Waals surface area contributed by atoms with Gasteiger partial charge in [0.25, 0.3) is 0 Å². The summed E-state index contributed by atoms with van der Waals surface area (Å²) in [6.45, 7) is 0. The molecule has 5 aromatic rings. The van der Waals surface area contributed by atoms with Gasteiger partial charge in [0.1, 0.15) is 17.4 Å². The Kier molecular flexibility index (Phi) is 5.62. The minimum atomic E-state index is -0.0783. The van der Waals surface area contributed by atoms with Crippen LogP contribution >= 0.6 is 11.8 Å². The number of H-pyrrole nitrogens is 1. The first-order chi connectivity index (χ1) is 16.2. The van der Waals surface area contributed by atoms with Crippen LogP contribution < -0.4 is 0 Å². The molecule has 0 aliphatic carbocycles. The van der Waals surface area contributed by atoms with Crippen LogP contribution in [0.4, 0.5) is 0 Å². The lowest BCUT2D eigenvalue weighted by Crippen LogP contribution is -2.01. The monoisotopic (exact) mass is 450 g/mol. The number of aromatic amines is 1. The third kappa shape index (κ3) is 4.10. The fourth-order valence-corrected chi connectivity index (χ4v) is 4.31. The lowest BCUT2D eigenvalue weighted by molar-refractivity contribution is 0.420. The fourth-order valence-electron chi connectivity index (χ4n) is 3.48. The van der Waals surface area contributed by atoms with Gasteiger partial charge in [-0.2, -0.15) is 5.26 Å². The van der Waals surface area contributed by atoms with Gasteiger partial charge in [0.15, 0.2) is 16.8 Å². The Morgan fingerprint density at radius 2 is 1.64 bits per heavy atom. The molecule has 0 saturated heterocycles. The summed E-state index contributed by atoms with van der Waals surface area (Å²) in [6.07, 6.45) is 0. The van der Waals surface area contributed by atoms with E-state index in [4.69, 9.17) is 0 Å². The molecule has 7 nitrogen and oxygen atoms in total. The number of nitriles is 1. The van der Waals surface area contributed by atoms with Gasteiger partial charge in [-0.05, 0) is 24.3 Å². The van der Waals surface area contributed by atoms with E-state index in [2.05, 4.69) is 26.2 Å². The first-order valence-corrected chi connectivity index (χ1v) is 11.2. The fraction of sp³-hybridized carbons (Fsp3) is 0.0400. The number of rotatable bonds is 6. The molecule has 8 heteroatoms. The van der Waals surface area contributed by atoms with Gasteiger partial charge in [0, 0.05) is 11.3 Å². The van der Waals surface area contributed by atoms with Gasteiger partial charge in [-0.15, -0.1) is 10.2 Å². The maximum Gasteiger partial charge on any atom is 0.196 e. The van der Waals surface area contributed by atoms with Crippen LogP contribution in [0.15, 0.2) is 95.8 Å². The molecule has 3 aromatic carbocycles. The number of aliphatic hydroxyl groups excluding tert-OH is 1. The smallest absolute Gasteiger partial charge is 0.196 e. The van der Waals surface area contributed by atoms with Crippen LogP contribution in [-0.2, 0) is 0 Å². The number of para-hydroxylation sites is 3. The number of thioether (sulfide) groups is 1. The second kappa shape index (κ2) is 9.02. The zero-order chi connectivity index (χ0) is 22.6. The maximum absolute atomic E-state index is 10.8. The summed E-state index contributed by atoms with van der Waals surface area (Å²) in [4.78, 5) is 7.53. The summed E-state index contributed by atoms with van der Waals surface area (Å²) in [7, 11) is 0. The molecule has 0 radical (unpaired) electrons. The first-order valence-electron chi connectivity index (χ1n) is 10.2. The molecule has 0 bridgehead atoms. The Hall–Kier alpha value is -4.35. The zero-order valence-electron chi connectivity index (χ0n) is 17.4. The number of allylic oxidation sites excluding steroid dienone is 1. The van der Waals surface area contributed by atoms with Crippen molar-refractivity contribution < 1.29 is 5.11 Å². The summed E-state index contributed by atoms with van der Waals surface area (Å²) in [5.74, 6) is 1.10. The number of fused-ring (bicyclic) bond motifs is 1. The van der Waals surface area contributed by atoms with E-state index in [9.17, 15) is 10.4 Å². The van der Waals surface area contributed by atoms with Crippen LogP contribution in [-0.4, -0.2) is 35.6 Å². The van der Waals surface area contributed by atoms with Gasteiger partial charge in [0.05, 0.1) is 16.8 Å². The van der Waals surface area contributed by atoms with Crippen molar-refractivity contribution in [1.29, 1.82) is 5.26 Å². The van der Waals surface area contributed by atoms with Crippen molar-refractivity contribution in [3.63, 3.8) is 0 Å². The number of benzene rings is 3. The molecule has 2 N–H and O–H groups in total. The van der Waals surface area contributed by atoms with Gasteiger partial charge in [-0.1, -0.05) is 72.4 Å². The van der Waals surface area contributed by atoms with Crippen molar-refractivity contribution in [2.24, 2.45) is 0 Å². The Labute approximate surface area is 194 Å². The molecular formula is C25H18N6OS. The van der Waals surface area contributed by atoms with Crippen molar-refractivity contribution in [2.75, 3.05) is 5.75 Å². The summed E-state index contributed by atoms with van der Waals surface area (Å²) < 4.78 is 1.94. The third-order valence-corrected chi connectivity index (χ3v) is 5.98. The highest BCUT2D eigenvalue weighted by atomic mass is 32.2. The Morgan fingerprint density at radius 3 is 2.36 bits per heavy atom. The minimum absolute atomic E-state index is 0.0783. The van der Waals surface area contributed by atoms with Gasteiger partial charge in [0.2, 0.25) is 0 Å². The van der Waals surface area contributed by atoms with Crippen molar-refractivity contribution in [2.45, 2.75) is 5.16 Å². The summed E-state index contributed by atoms with van der Waals surface area (Å²) >= 11 is 1.30. The second-order valence-electron chi connectivity index (χ2n) is 7.17. The average molecular weight is 451 g/mol. The van der Waals surface area contributed by atoms with Crippen LogP contribution in [0.1, 0.15) is 5.82 Å². The molecule has 0 spiro atoms. The molecule has 2 aromatic heterocycles. The van der Waals surface area contributed by atoms with Crippen LogP contribution in [0.3, 0.4) is 0 Å². The second-order valence-corrected chi connectivity index (χ2v) is 8.11. The number of aromatic nitrogens is 5. The summed E-state index contributed by atoms with van der Waals surface area (Å²) in [5.41, 5.74) is 3.48. The minimum Gasteiger partial charge on any atom is -0.510 e. The highest BCUT2D eigenvalue weighted by Crippen LogP contribution is 2.29. The molecule has 2 heterocycles. The van der Waals surface area contributed by atoms with Gasteiger partial charge < -0.3 is 10.1 Å². The number of nitrogens with one attached hydrogen (secondary N) is 1. The van der Waals surface area contributed by atoms with Crippen LogP contribution in [0.5, 0.6) is 0 Å². The predicted octanol–water partition coefficient (Wildman–Crippen LogP) is 5.40. The highest BCUT2D eigenvalue weighted by Gasteiger charge is 2.18. The van der Waals surface area contributed by atoms with E-state index in [0.717, 1.165) is 22.3 Å². The Bertz CT molecular complexity index is 1450. The maximum atomic E-state index is 10.8. The molecule has 160 valence electrons. The molecule has 0 unspecified atom stereocenters. The molecule has 33 heavy (non-hydrogen) atoms. The molecule has 0 amide bonds. The highest BCUT2D eigenvalue weighted by molar-refractivity contribution is 7.99. The molecule has 0 atom stereocenters. The Balaban J connectivity index is 1.49. The number of nitrogens with zero attached hydrogens (tertiary/aromatic N) is 5. The number of hydrogen-bond donors (Lipinski definition) is 2. The van der Waals surface area contributed by atoms with E-state index < -0.39 is 0 Å². The third-order valence-electron chi connectivity index (χ3n) is 5.04. The van der Waals surface area contributed by atoms with Crippen molar-refractivity contribution in [1.82, 2.24) is 24.7 Å². The van der Waals surface area contributed by atoms with E-state index in [0.29, 0.717) is 16.8 Å². The first kappa shape index (κ1) is 20.5. The summed E-state index contributed by atoms with van der Waals surface area (Å²) in [6, 6.07) is 29.2. The van der Waals surface area contributed by atoms with Crippen molar-refractivity contribution >= 4 is 28.4 Å². The van der Waals surface area contributed by atoms with Crippen molar-refractivity contribution in [3.05, 3.63) is 96.5 Å². The summed E-state index contributed by atoms with van der Waals surface area (Å²) in [5, 5.41) is 29.8. The molecule has 5 rings (SSSR count). The molecule has 0 aliphatic heterocycles. The van der Waals surface area contributed by atoms with Crippen LogP contribution in [0.2, 0.25) is 0 Å². The average Bonchev–Trinajstić information content (AvgIpc) is 3.48.